The van der Waals surface area contributed by atoms with Crippen molar-refractivity contribution in [1.29, 1.82) is 0 Å². The maximum atomic E-state index is 12.3. The zero-order valence-electron chi connectivity index (χ0n) is 12.8. The van der Waals surface area contributed by atoms with Crippen molar-refractivity contribution in [3.63, 3.8) is 0 Å². The minimum atomic E-state index is -0.103. The van der Waals surface area contributed by atoms with Gasteiger partial charge in [0, 0.05) is 35.2 Å². The molecule has 2 aromatic rings. The van der Waals surface area contributed by atoms with Gasteiger partial charge in [-0.2, -0.15) is 0 Å². The minimum Gasteiger partial charge on any atom is -0.497 e. The van der Waals surface area contributed by atoms with Gasteiger partial charge in [-0.25, -0.2) is 0 Å². The van der Waals surface area contributed by atoms with Crippen LogP contribution in [-0.2, 0) is 0 Å². The molecule has 0 saturated heterocycles. The van der Waals surface area contributed by atoms with Crippen LogP contribution in [0, 0.1) is 0 Å². The number of fused-ring (bicyclic) bond motifs is 1. The first-order chi connectivity index (χ1) is 10.7. The molecule has 0 bridgehead atoms. The van der Waals surface area contributed by atoms with Crippen molar-refractivity contribution in [3.8, 4) is 17.2 Å². The van der Waals surface area contributed by atoms with Crippen molar-refractivity contribution in [1.82, 2.24) is 4.98 Å². The Morgan fingerprint density at radius 1 is 1.05 bits per heavy atom. The predicted octanol–water partition coefficient (Wildman–Crippen LogP) is 2.83. The van der Waals surface area contributed by atoms with E-state index in [4.69, 9.17) is 14.2 Å². The van der Waals surface area contributed by atoms with Gasteiger partial charge < -0.3 is 14.2 Å². The fourth-order valence-corrected chi connectivity index (χ4v) is 2.85. The van der Waals surface area contributed by atoms with E-state index < -0.39 is 0 Å². The van der Waals surface area contributed by atoms with Crippen molar-refractivity contribution >= 4 is 5.78 Å². The Balaban J connectivity index is 2.09. The van der Waals surface area contributed by atoms with E-state index in [1.165, 1.54) is 0 Å². The molecule has 1 atom stereocenters. The first-order valence-electron chi connectivity index (χ1n) is 6.97. The Morgan fingerprint density at radius 2 is 1.82 bits per heavy atom. The van der Waals surface area contributed by atoms with Gasteiger partial charge in [-0.05, 0) is 18.2 Å². The van der Waals surface area contributed by atoms with E-state index >= 15 is 0 Å². The fraction of sp³-hybridized carbons (Fsp3) is 0.294. The van der Waals surface area contributed by atoms with Crippen LogP contribution >= 0.6 is 0 Å². The molecule has 0 radical (unpaired) electrons. The number of Topliss-reactive ketones (excluding diaryl/α,β-unsaturated/α-hetero) is 1. The highest BCUT2D eigenvalue weighted by molar-refractivity contribution is 6.03. The largest absolute Gasteiger partial charge is 0.497 e. The highest BCUT2D eigenvalue weighted by atomic mass is 16.5. The number of carbonyl (C=O) groups is 1. The van der Waals surface area contributed by atoms with Gasteiger partial charge in [-0.1, -0.05) is 0 Å². The number of methoxy groups -OCH3 is 3. The van der Waals surface area contributed by atoms with Crippen LogP contribution in [-0.4, -0.2) is 32.1 Å². The van der Waals surface area contributed by atoms with Gasteiger partial charge in [0.15, 0.2) is 5.78 Å². The molecule has 1 aliphatic carbocycles. The summed E-state index contributed by atoms with van der Waals surface area (Å²) in [6, 6.07) is 7.30. The molecule has 5 heteroatoms. The lowest BCUT2D eigenvalue weighted by Gasteiger charge is -2.15. The second-order valence-electron chi connectivity index (χ2n) is 5.09. The lowest BCUT2D eigenvalue weighted by atomic mass is 9.96. The third-order valence-electron chi connectivity index (χ3n) is 3.96. The van der Waals surface area contributed by atoms with Crippen LogP contribution in [0.1, 0.15) is 34.0 Å². The molecule has 3 rings (SSSR count). The SMILES string of the molecule is COc1ccc(C2CC(=O)c3cc(OC)cc(OC)c32)nc1. The first kappa shape index (κ1) is 14.4. The molecule has 1 heterocycles. The number of ketones is 1. The van der Waals surface area contributed by atoms with E-state index in [9.17, 15) is 4.79 Å². The van der Waals surface area contributed by atoms with E-state index in [0.717, 1.165) is 11.3 Å². The molecule has 22 heavy (non-hydrogen) atoms. The Labute approximate surface area is 128 Å². The molecular weight excluding hydrogens is 282 g/mol. The monoisotopic (exact) mass is 299 g/mol. The van der Waals surface area contributed by atoms with Crippen molar-refractivity contribution in [2.45, 2.75) is 12.3 Å². The molecule has 0 aliphatic heterocycles. The number of hydrogen-bond acceptors (Lipinski definition) is 5. The summed E-state index contributed by atoms with van der Waals surface area (Å²) in [6.45, 7) is 0. The van der Waals surface area contributed by atoms with E-state index in [-0.39, 0.29) is 11.7 Å². The Bertz CT molecular complexity index is 709. The topological polar surface area (TPSA) is 57.7 Å². The van der Waals surface area contributed by atoms with Gasteiger partial charge in [0.05, 0.1) is 27.5 Å². The van der Waals surface area contributed by atoms with Gasteiger partial charge >= 0.3 is 0 Å². The number of nitrogens with zero attached hydrogens (tertiary/aromatic N) is 1. The van der Waals surface area contributed by atoms with Crippen LogP contribution in [0.25, 0.3) is 0 Å². The zero-order chi connectivity index (χ0) is 15.7. The van der Waals surface area contributed by atoms with Crippen LogP contribution < -0.4 is 14.2 Å². The lowest BCUT2D eigenvalue weighted by molar-refractivity contribution is 0.0991. The van der Waals surface area contributed by atoms with Gasteiger partial charge in [-0.3, -0.25) is 9.78 Å². The Morgan fingerprint density at radius 3 is 2.41 bits per heavy atom. The molecule has 0 spiro atoms. The number of aromatic nitrogens is 1. The van der Waals surface area contributed by atoms with Crippen molar-refractivity contribution in [3.05, 3.63) is 47.3 Å². The Kier molecular flexibility index (Phi) is 3.71. The summed E-state index contributed by atoms with van der Waals surface area (Å²) in [5.74, 6) is 1.94. The number of benzene rings is 1. The number of rotatable bonds is 4. The van der Waals surface area contributed by atoms with E-state index in [1.54, 1.807) is 39.7 Å². The summed E-state index contributed by atoms with van der Waals surface area (Å²) in [5.41, 5.74) is 2.36. The van der Waals surface area contributed by atoms with Crippen molar-refractivity contribution in [2.75, 3.05) is 21.3 Å². The van der Waals surface area contributed by atoms with Gasteiger partial charge in [0.25, 0.3) is 0 Å². The van der Waals surface area contributed by atoms with Gasteiger partial charge in [0.2, 0.25) is 0 Å². The molecule has 5 nitrogen and oxygen atoms in total. The van der Waals surface area contributed by atoms with Crippen molar-refractivity contribution in [2.24, 2.45) is 0 Å². The van der Waals surface area contributed by atoms with Crippen LogP contribution in [0.4, 0.5) is 0 Å². The maximum absolute atomic E-state index is 12.3. The molecule has 1 unspecified atom stereocenters. The molecule has 0 amide bonds. The number of pyridine rings is 1. The molecule has 0 fully saturated rings. The maximum Gasteiger partial charge on any atom is 0.164 e. The molecular formula is C17H17NO4. The van der Waals surface area contributed by atoms with Crippen LogP contribution in [0.3, 0.4) is 0 Å². The number of hydrogen-bond donors (Lipinski definition) is 0. The highest BCUT2D eigenvalue weighted by Gasteiger charge is 2.35. The van der Waals surface area contributed by atoms with Crippen molar-refractivity contribution < 1.29 is 19.0 Å². The normalized spacial score (nSPS) is 16.3. The quantitative estimate of drug-likeness (QED) is 0.869. The van der Waals surface area contributed by atoms with Crippen LogP contribution in [0.5, 0.6) is 17.2 Å². The predicted molar refractivity (Wildman–Crippen MR) is 81.1 cm³/mol. The summed E-state index contributed by atoms with van der Waals surface area (Å²) < 4.78 is 15.8. The van der Waals surface area contributed by atoms with Gasteiger partial charge in [0.1, 0.15) is 17.2 Å². The molecule has 1 aromatic heterocycles. The summed E-state index contributed by atoms with van der Waals surface area (Å²) in [7, 11) is 4.76. The summed E-state index contributed by atoms with van der Waals surface area (Å²) in [4.78, 5) is 16.8. The number of carbonyl (C=O) groups excluding carboxylic acids is 1. The standard InChI is InChI=1S/C17H17NO4/c1-20-10-4-5-14(18-9-10)12-8-15(19)13-6-11(21-2)7-16(22-3)17(12)13/h4-7,9,12H,8H2,1-3H3. The first-order valence-corrected chi connectivity index (χ1v) is 6.97. The number of ether oxygens (including phenoxy) is 3. The summed E-state index contributed by atoms with van der Waals surface area (Å²) >= 11 is 0. The lowest BCUT2D eigenvalue weighted by Crippen LogP contribution is -2.02. The Hall–Kier alpha value is -2.56. The smallest absolute Gasteiger partial charge is 0.164 e. The van der Waals surface area contributed by atoms with Crippen LogP contribution in [0.2, 0.25) is 0 Å². The summed E-state index contributed by atoms with van der Waals surface area (Å²) in [5, 5.41) is 0. The van der Waals surface area contributed by atoms with Gasteiger partial charge in [-0.15, -0.1) is 0 Å². The molecule has 1 aliphatic rings. The molecule has 0 saturated carbocycles. The van der Waals surface area contributed by atoms with E-state index in [2.05, 4.69) is 4.98 Å². The molecule has 114 valence electrons. The minimum absolute atomic E-state index is 0.0785. The third kappa shape index (κ3) is 2.28. The zero-order valence-corrected chi connectivity index (χ0v) is 12.8. The van der Waals surface area contributed by atoms with E-state index in [0.29, 0.717) is 29.2 Å². The second kappa shape index (κ2) is 5.67. The van der Waals surface area contributed by atoms with E-state index in [1.807, 2.05) is 12.1 Å². The average Bonchev–Trinajstić information content (AvgIpc) is 2.91. The molecule has 1 aromatic carbocycles. The van der Waals surface area contributed by atoms with Crippen LogP contribution in [0.15, 0.2) is 30.5 Å². The average molecular weight is 299 g/mol. The second-order valence-corrected chi connectivity index (χ2v) is 5.09. The summed E-state index contributed by atoms with van der Waals surface area (Å²) in [6.07, 6.45) is 2.05. The highest BCUT2D eigenvalue weighted by Crippen LogP contribution is 2.44. The fourth-order valence-electron chi connectivity index (χ4n) is 2.85. The third-order valence-corrected chi connectivity index (χ3v) is 3.96. The molecule has 0 N–H and O–H groups in total.